The molecule has 0 amide bonds. The van der Waals surface area contributed by atoms with Crippen LogP contribution in [0.4, 0.5) is 0 Å². The number of methoxy groups -OCH3 is 1. The lowest BCUT2D eigenvalue weighted by Gasteiger charge is -2.62. The molecule has 0 aromatic heterocycles. The summed E-state index contributed by atoms with van der Waals surface area (Å²) in [5, 5.41) is 26.0. The van der Waals surface area contributed by atoms with Gasteiger partial charge in [-0.25, -0.2) is 0 Å². The van der Waals surface area contributed by atoms with Crippen molar-refractivity contribution in [3.63, 3.8) is 0 Å². The zero-order chi connectivity index (χ0) is 30.7. The van der Waals surface area contributed by atoms with Crippen LogP contribution in [0.2, 0.25) is 0 Å². The third-order valence-corrected chi connectivity index (χ3v) is 10.2. The van der Waals surface area contributed by atoms with Crippen LogP contribution in [-0.2, 0) is 14.3 Å². The second-order valence-corrected chi connectivity index (χ2v) is 13.3. The van der Waals surface area contributed by atoms with Gasteiger partial charge in [0.05, 0.1) is 36.6 Å². The Morgan fingerprint density at radius 1 is 1.29 bits per heavy atom. The van der Waals surface area contributed by atoms with E-state index in [0.29, 0.717) is 29.9 Å². The minimum absolute atomic E-state index is 0.230. The highest BCUT2D eigenvalue weighted by molar-refractivity contribution is 5.67. The van der Waals surface area contributed by atoms with Gasteiger partial charge in [0.2, 0.25) is 0 Å². The van der Waals surface area contributed by atoms with Gasteiger partial charge in [0, 0.05) is 30.6 Å². The summed E-state index contributed by atoms with van der Waals surface area (Å²) >= 11 is 0. The molecule has 1 saturated carbocycles. The highest BCUT2D eigenvalue weighted by Crippen LogP contribution is 2.64. The van der Waals surface area contributed by atoms with Gasteiger partial charge in [-0.1, -0.05) is 25.1 Å². The number of carbonyl (C=O) groups is 1. The number of esters is 1. The van der Waals surface area contributed by atoms with Crippen molar-refractivity contribution in [3.05, 3.63) is 39.3 Å². The fourth-order valence-corrected chi connectivity index (χ4v) is 7.77. The van der Waals surface area contributed by atoms with E-state index in [1.165, 1.54) is 6.92 Å². The molecule has 1 aromatic rings. The van der Waals surface area contributed by atoms with Crippen molar-refractivity contribution in [1.29, 1.82) is 0 Å². The highest BCUT2D eigenvalue weighted by atomic mass is 16.5. The highest BCUT2D eigenvalue weighted by Gasteiger charge is 2.67. The molecule has 41 heavy (non-hydrogen) atoms. The monoisotopic (exact) mass is 573 g/mol. The second-order valence-electron chi connectivity index (χ2n) is 13.3. The normalized spacial score (nSPS) is 34.7. The molecule has 0 radical (unpaired) electrons. The van der Waals surface area contributed by atoms with Crippen LogP contribution < -0.4 is 9.47 Å². The number of aliphatic hydroxyl groups excluding tert-OH is 1. The summed E-state index contributed by atoms with van der Waals surface area (Å²) in [6.45, 7) is 16.5. The van der Waals surface area contributed by atoms with E-state index in [1.54, 1.807) is 21.0 Å². The van der Waals surface area contributed by atoms with E-state index >= 15 is 0 Å². The summed E-state index contributed by atoms with van der Waals surface area (Å²) in [4.78, 5) is 24.8. The van der Waals surface area contributed by atoms with Gasteiger partial charge in [0.25, 0.3) is 0 Å². The molecular weight excluding hydrogens is 526 g/mol. The Balaban J connectivity index is 1.86. The number of benzene rings is 1. The molecule has 9 nitrogen and oxygen atoms in total. The first-order valence-electron chi connectivity index (χ1n) is 14.6. The third-order valence-electron chi connectivity index (χ3n) is 10.2. The molecule has 9 heteroatoms. The van der Waals surface area contributed by atoms with Crippen LogP contribution in [0.1, 0.15) is 103 Å². The summed E-state index contributed by atoms with van der Waals surface area (Å²) in [6.07, 6.45) is 1.06. The predicted molar refractivity (Wildman–Crippen MR) is 155 cm³/mol. The van der Waals surface area contributed by atoms with Crippen molar-refractivity contribution in [2.75, 3.05) is 7.11 Å². The van der Waals surface area contributed by atoms with Gasteiger partial charge in [-0.3, -0.25) is 4.79 Å². The number of ether oxygens (including phenoxy) is 4. The Kier molecular flexibility index (Phi) is 8.41. The Labute approximate surface area is 243 Å². The number of nitroso groups, excluding NO2 is 1. The largest absolute Gasteiger partial charge is 0.496 e. The Morgan fingerprint density at radius 2 is 1.95 bits per heavy atom. The predicted octanol–water partition coefficient (Wildman–Crippen LogP) is 5.67. The minimum Gasteiger partial charge on any atom is -0.496 e. The van der Waals surface area contributed by atoms with Crippen molar-refractivity contribution in [3.8, 4) is 11.5 Å². The van der Waals surface area contributed by atoms with Crippen LogP contribution in [0, 0.1) is 23.2 Å². The van der Waals surface area contributed by atoms with Crippen LogP contribution >= 0.6 is 0 Å². The number of aliphatic hydroxyl groups is 2. The van der Waals surface area contributed by atoms with E-state index in [2.05, 4.69) is 5.18 Å². The molecule has 9 unspecified atom stereocenters. The molecule has 3 aliphatic rings. The van der Waals surface area contributed by atoms with E-state index in [9.17, 15) is 19.9 Å². The molecule has 1 aliphatic carbocycles. The first-order chi connectivity index (χ1) is 19.0. The average molecular weight is 574 g/mol. The number of hydrogen-bond donors (Lipinski definition) is 2. The topological polar surface area (TPSA) is 124 Å². The standard InChI is InChI=1S/C32H47NO8/c1-11-16(2)27(39-19(5)34)17(3)20-14-21(38-10)25-26(33-37)29-31(8,41-28(25)18(20)4)13-12-23-32(29,9)22(35)15-24(40-23)30(6,7)36/h11,14,17,22-24,26-27,29,35-36H,12-13,15H2,1-10H3/b16-11+. The molecule has 9 atom stereocenters. The van der Waals surface area contributed by atoms with Crippen LogP contribution in [0.5, 0.6) is 11.5 Å². The lowest BCUT2D eigenvalue weighted by molar-refractivity contribution is -0.277. The van der Waals surface area contributed by atoms with Crippen LogP contribution in [0.15, 0.2) is 22.9 Å². The Morgan fingerprint density at radius 3 is 2.49 bits per heavy atom. The summed E-state index contributed by atoms with van der Waals surface area (Å²) in [7, 11) is 1.55. The molecule has 4 rings (SSSR count). The van der Waals surface area contributed by atoms with Gasteiger partial charge in [0.15, 0.2) is 0 Å². The van der Waals surface area contributed by atoms with Crippen LogP contribution in [-0.4, -0.2) is 58.9 Å². The van der Waals surface area contributed by atoms with E-state index in [1.807, 2.05) is 53.7 Å². The summed E-state index contributed by atoms with van der Waals surface area (Å²) < 4.78 is 25.0. The van der Waals surface area contributed by atoms with Gasteiger partial charge in [-0.05, 0) is 77.2 Å². The number of allylic oxidation sites excluding steroid dienone is 1. The lowest BCUT2D eigenvalue weighted by atomic mass is 9.51. The van der Waals surface area contributed by atoms with E-state index in [4.69, 9.17) is 18.9 Å². The first kappa shape index (κ1) is 31.4. The molecular formula is C32H47NO8. The number of carbonyl (C=O) groups excluding carboxylic acids is 1. The molecule has 0 spiro atoms. The van der Waals surface area contributed by atoms with Gasteiger partial charge in [-0.15, -0.1) is 0 Å². The molecule has 0 bridgehead atoms. The second kappa shape index (κ2) is 11.0. The van der Waals surface area contributed by atoms with E-state index in [-0.39, 0.29) is 18.3 Å². The van der Waals surface area contributed by atoms with Crippen molar-refractivity contribution >= 4 is 5.97 Å². The van der Waals surface area contributed by atoms with Gasteiger partial charge in [-0.2, -0.15) is 4.91 Å². The first-order valence-corrected chi connectivity index (χ1v) is 14.6. The zero-order valence-electron chi connectivity index (χ0n) is 26.1. The number of fused-ring (bicyclic) bond motifs is 4. The Bertz CT molecular complexity index is 1220. The van der Waals surface area contributed by atoms with Crippen molar-refractivity contribution in [2.45, 2.75) is 129 Å². The summed E-state index contributed by atoms with van der Waals surface area (Å²) in [6, 6.07) is 1.02. The zero-order valence-corrected chi connectivity index (χ0v) is 26.1. The number of nitrogens with zero attached hydrogens (tertiary/aromatic N) is 1. The van der Waals surface area contributed by atoms with E-state index < -0.39 is 53.0 Å². The smallest absolute Gasteiger partial charge is 0.303 e. The van der Waals surface area contributed by atoms with Crippen LogP contribution in [0.3, 0.4) is 0 Å². The average Bonchev–Trinajstić information content (AvgIpc) is 2.90. The summed E-state index contributed by atoms with van der Waals surface area (Å²) in [5.74, 6) is -0.0895. The maximum atomic E-state index is 12.8. The van der Waals surface area contributed by atoms with Crippen LogP contribution in [0.25, 0.3) is 0 Å². The quantitative estimate of drug-likeness (QED) is 0.243. The van der Waals surface area contributed by atoms with Gasteiger partial charge >= 0.3 is 5.97 Å². The molecule has 2 N–H and O–H groups in total. The van der Waals surface area contributed by atoms with Crippen molar-refractivity contribution < 1.29 is 34.0 Å². The third kappa shape index (κ3) is 5.08. The summed E-state index contributed by atoms with van der Waals surface area (Å²) in [5.41, 5.74) is 0.388. The lowest BCUT2D eigenvalue weighted by Crippen LogP contribution is -2.68. The SMILES string of the molecule is C/C=C(\C)C(OC(C)=O)C(C)c1cc(OC)c2c(c1C)OC1(C)CCC3OC(C(C)(C)O)CC(O)C3(C)C1C2N=O. The van der Waals surface area contributed by atoms with Gasteiger partial charge in [0.1, 0.15) is 29.2 Å². The van der Waals surface area contributed by atoms with E-state index in [0.717, 1.165) is 16.7 Å². The molecule has 2 fully saturated rings. The maximum Gasteiger partial charge on any atom is 0.303 e. The van der Waals surface area contributed by atoms with Crippen molar-refractivity contribution in [1.82, 2.24) is 0 Å². The fourth-order valence-electron chi connectivity index (χ4n) is 7.77. The van der Waals surface area contributed by atoms with Crippen molar-refractivity contribution in [2.24, 2.45) is 16.5 Å². The molecule has 228 valence electrons. The Hall–Kier alpha value is -2.49. The number of rotatable bonds is 7. The maximum absolute atomic E-state index is 12.8. The number of hydrogen-bond acceptors (Lipinski definition) is 9. The molecule has 1 saturated heterocycles. The minimum atomic E-state index is -1.12. The van der Waals surface area contributed by atoms with Gasteiger partial charge < -0.3 is 29.2 Å². The molecule has 2 aliphatic heterocycles. The fraction of sp³-hybridized carbons (Fsp3) is 0.719. The molecule has 2 heterocycles. The molecule has 1 aromatic carbocycles.